The summed E-state index contributed by atoms with van der Waals surface area (Å²) in [5.74, 6) is 4.11. The highest BCUT2D eigenvalue weighted by molar-refractivity contribution is 5.77. The summed E-state index contributed by atoms with van der Waals surface area (Å²) >= 11 is 0. The predicted octanol–water partition coefficient (Wildman–Crippen LogP) is -0.0900. The lowest BCUT2D eigenvalue weighted by Crippen LogP contribution is -2.37. The van der Waals surface area contributed by atoms with Gasteiger partial charge in [0.25, 0.3) is 0 Å². The number of amides is 1. The number of rotatable bonds is 5. The number of primary amides is 1. The number of hydrogen-bond donors (Lipinski definition) is 2. The Morgan fingerprint density at radius 1 is 1.22 bits per heavy atom. The maximum absolute atomic E-state index is 10.8. The van der Waals surface area contributed by atoms with E-state index in [9.17, 15) is 9.59 Å². The summed E-state index contributed by atoms with van der Waals surface area (Å²) in [6.07, 6.45) is 0. The van der Waals surface area contributed by atoms with E-state index in [1.54, 1.807) is 0 Å². The van der Waals surface area contributed by atoms with Gasteiger partial charge in [-0.3, -0.25) is 14.5 Å². The Labute approximate surface area is 105 Å². The number of benzene rings is 1. The highest BCUT2D eigenvalue weighted by Crippen LogP contribution is 1.95. The minimum atomic E-state index is -1.02. The number of nitrogens with zero attached hydrogens (tertiary/aromatic N) is 1. The second-order valence-electron chi connectivity index (χ2n) is 3.67. The third-order valence-corrected chi connectivity index (χ3v) is 2.05. The molecule has 0 unspecified atom stereocenters. The normalized spacial score (nSPS) is 9.61. The lowest BCUT2D eigenvalue weighted by molar-refractivity contribution is -0.138. The number of carbonyl (C=O) groups excluding carboxylic acids is 1. The molecule has 1 aromatic carbocycles. The highest BCUT2D eigenvalue weighted by Gasteiger charge is 2.10. The van der Waals surface area contributed by atoms with Crippen molar-refractivity contribution in [1.82, 2.24) is 4.90 Å². The van der Waals surface area contributed by atoms with E-state index in [2.05, 4.69) is 11.8 Å². The zero-order chi connectivity index (χ0) is 13.4. The van der Waals surface area contributed by atoms with Crippen LogP contribution in [0.25, 0.3) is 0 Å². The topological polar surface area (TPSA) is 83.6 Å². The fourth-order valence-electron chi connectivity index (χ4n) is 1.35. The average molecular weight is 246 g/mol. The number of nitrogens with two attached hydrogens (primary N) is 1. The lowest BCUT2D eigenvalue weighted by atomic mass is 10.2. The minimum absolute atomic E-state index is 0.115. The van der Waals surface area contributed by atoms with Gasteiger partial charge in [0.2, 0.25) is 5.91 Å². The van der Waals surface area contributed by atoms with Crippen molar-refractivity contribution in [3.8, 4) is 11.8 Å². The molecular formula is C13H14N2O3. The van der Waals surface area contributed by atoms with Gasteiger partial charge in [-0.1, -0.05) is 30.0 Å². The van der Waals surface area contributed by atoms with Crippen molar-refractivity contribution in [2.45, 2.75) is 0 Å². The Morgan fingerprint density at radius 3 is 2.44 bits per heavy atom. The molecule has 0 spiro atoms. The second-order valence-corrected chi connectivity index (χ2v) is 3.67. The lowest BCUT2D eigenvalue weighted by Gasteiger charge is -2.14. The first-order valence-corrected chi connectivity index (χ1v) is 5.34. The molecular weight excluding hydrogens is 232 g/mol. The van der Waals surface area contributed by atoms with Crippen molar-refractivity contribution in [3.05, 3.63) is 35.9 Å². The summed E-state index contributed by atoms with van der Waals surface area (Å²) in [5.41, 5.74) is 5.87. The van der Waals surface area contributed by atoms with Crippen molar-refractivity contribution < 1.29 is 14.7 Å². The van der Waals surface area contributed by atoms with Gasteiger partial charge in [0, 0.05) is 5.56 Å². The Hall–Kier alpha value is -2.32. The molecule has 0 aliphatic heterocycles. The Bertz CT molecular complexity index is 458. The fourth-order valence-corrected chi connectivity index (χ4v) is 1.35. The average Bonchev–Trinajstić information content (AvgIpc) is 2.28. The van der Waals surface area contributed by atoms with E-state index in [4.69, 9.17) is 10.8 Å². The van der Waals surface area contributed by atoms with Crippen LogP contribution in [0.2, 0.25) is 0 Å². The van der Waals surface area contributed by atoms with Crippen molar-refractivity contribution in [1.29, 1.82) is 0 Å². The Morgan fingerprint density at radius 2 is 1.89 bits per heavy atom. The van der Waals surface area contributed by atoms with Crippen LogP contribution in [-0.2, 0) is 9.59 Å². The van der Waals surface area contributed by atoms with Crippen LogP contribution in [0.1, 0.15) is 5.56 Å². The number of hydrogen-bond acceptors (Lipinski definition) is 3. The van der Waals surface area contributed by atoms with Gasteiger partial charge in [0.1, 0.15) is 0 Å². The maximum atomic E-state index is 10.8. The highest BCUT2D eigenvalue weighted by atomic mass is 16.4. The first-order chi connectivity index (χ1) is 8.58. The maximum Gasteiger partial charge on any atom is 0.317 e. The van der Waals surface area contributed by atoms with Gasteiger partial charge < -0.3 is 10.8 Å². The number of carboxylic acid groups (broad SMARTS) is 1. The van der Waals surface area contributed by atoms with Crippen LogP contribution in [-0.4, -0.2) is 41.5 Å². The molecule has 5 nitrogen and oxygen atoms in total. The molecule has 0 aromatic heterocycles. The third-order valence-electron chi connectivity index (χ3n) is 2.05. The smallest absolute Gasteiger partial charge is 0.317 e. The van der Waals surface area contributed by atoms with E-state index in [0.29, 0.717) is 0 Å². The molecule has 0 atom stereocenters. The molecule has 0 radical (unpaired) electrons. The van der Waals surface area contributed by atoms with Gasteiger partial charge in [0.05, 0.1) is 19.6 Å². The van der Waals surface area contributed by atoms with Crippen LogP contribution >= 0.6 is 0 Å². The summed E-state index contributed by atoms with van der Waals surface area (Å²) in [6, 6.07) is 9.31. The number of aliphatic carboxylic acids is 1. The third kappa shape index (κ3) is 5.68. The SMILES string of the molecule is NC(=O)CN(CC#Cc1ccccc1)CC(=O)O. The van der Waals surface area contributed by atoms with Gasteiger partial charge in [-0.25, -0.2) is 0 Å². The van der Waals surface area contributed by atoms with Crippen LogP contribution in [0, 0.1) is 11.8 Å². The number of carbonyl (C=O) groups is 2. The summed E-state index contributed by atoms with van der Waals surface area (Å²) in [4.78, 5) is 22.7. The summed E-state index contributed by atoms with van der Waals surface area (Å²) in [6.45, 7) is -0.188. The largest absolute Gasteiger partial charge is 0.480 e. The molecule has 0 saturated carbocycles. The van der Waals surface area contributed by atoms with Gasteiger partial charge in [0.15, 0.2) is 0 Å². The standard InChI is InChI=1S/C13H14N2O3/c14-12(16)9-15(10-13(17)18)8-4-7-11-5-2-1-3-6-11/h1-3,5-6H,8-10H2,(H2,14,16)(H,17,18). The van der Waals surface area contributed by atoms with Crippen LogP contribution in [0.3, 0.4) is 0 Å². The van der Waals surface area contributed by atoms with Crippen LogP contribution in [0.4, 0.5) is 0 Å². The molecule has 1 rings (SSSR count). The molecule has 5 heteroatoms. The van der Waals surface area contributed by atoms with Gasteiger partial charge in [-0.05, 0) is 12.1 Å². The monoisotopic (exact) mass is 246 g/mol. The van der Waals surface area contributed by atoms with Crippen molar-refractivity contribution in [2.75, 3.05) is 19.6 Å². The fraction of sp³-hybridized carbons (Fsp3) is 0.231. The molecule has 94 valence electrons. The molecule has 0 bridgehead atoms. The molecule has 1 aromatic rings. The zero-order valence-electron chi connectivity index (χ0n) is 9.80. The minimum Gasteiger partial charge on any atom is -0.480 e. The van der Waals surface area contributed by atoms with E-state index in [1.807, 2.05) is 30.3 Å². The molecule has 0 fully saturated rings. The summed E-state index contributed by atoms with van der Waals surface area (Å²) in [7, 11) is 0. The Kier molecular flexibility index (Phi) is 5.42. The number of carboxylic acids is 1. The Balaban J connectivity index is 2.59. The summed E-state index contributed by atoms with van der Waals surface area (Å²) in [5, 5.41) is 8.67. The van der Waals surface area contributed by atoms with E-state index >= 15 is 0 Å². The molecule has 0 heterocycles. The van der Waals surface area contributed by atoms with E-state index in [-0.39, 0.29) is 19.6 Å². The van der Waals surface area contributed by atoms with Crippen LogP contribution in [0.5, 0.6) is 0 Å². The van der Waals surface area contributed by atoms with Gasteiger partial charge in [-0.2, -0.15) is 0 Å². The first kappa shape index (κ1) is 13.7. The first-order valence-electron chi connectivity index (χ1n) is 5.34. The molecule has 3 N–H and O–H groups in total. The van der Waals surface area contributed by atoms with Crippen molar-refractivity contribution >= 4 is 11.9 Å². The van der Waals surface area contributed by atoms with Crippen LogP contribution < -0.4 is 5.73 Å². The summed E-state index contributed by atoms with van der Waals surface area (Å²) < 4.78 is 0. The molecule has 0 aliphatic rings. The van der Waals surface area contributed by atoms with Gasteiger partial charge >= 0.3 is 5.97 Å². The van der Waals surface area contributed by atoms with Crippen molar-refractivity contribution in [3.63, 3.8) is 0 Å². The molecule has 0 saturated heterocycles. The predicted molar refractivity (Wildman–Crippen MR) is 66.6 cm³/mol. The van der Waals surface area contributed by atoms with E-state index in [0.717, 1.165) is 5.56 Å². The molecule has 1 amide bonds. The second kappa shape index (κ2) is 7.09. The van der Waals surface area contributed by atoms with E-state index < -0.39 is 11.9 Å². The zero-order valence-corrected chi connectivity index (χ0v) is 9.80. The van der Waals surface area contributed by atoms with Gasteiger partial charge in [-0.15, -0.1) is 0 Å². The van der Waals surface area contributed by atoms with E-state index in [1.165, 1.54) is 4.90 Å². The van der Waals surface area contributed by atoms with Crippen LogP contribution in [0.15, 0.2) is 30.3 Å². The van der Waals surface area contributed by atoms with Crippen molar-refractivity contribution in [2.24, 2.45) is 5.73 Å². The quantitative estimate of drug-likeness (QED) is 0.711. The molecule has 18 heavy (non-hydrogen) atoms. The molecule has 0 aliphatic carbocycles.